The minimum atomic E-state index is -0.249. The Labute approximate surface area is 161 Å². The minimum absolute atomic E-state index is 0.0604. The van der Waals surface area contributed by atoms with Crippen LogP contribution in [0.2, 0.25) is 0 Å². The highest BCUT2D eigenvalue weighted by atomic mass is 16.5. The number of hydrogen-bond donors (Lipinski definition) is 1. The molecular formula is C20H19N5O3. The molecular weight excluding hydrogens is 358 g/mol. The fourth-order valence-corrected chi connectivity index (χ4v) is 2.87. The van der Waals surface area contributed by atoms with E-state index in [-0.39, 0.29) is 12.0 Å². The van der Waals surface area contributed by atoms with Gasteiger partial charge in [0, 0.05) is 11.3 Å². The second kappa shape index (κ2) is 7.15. The third-order valence-electron chi connectivity index (χ3n) is 4.21. The van der Waals surface area contributed by atoms with E-state index in [0.717, 1.165) is 11.1 Å². The predicted octanol–water partition coefficient (Wildman–Crippen LogP) is 3.73. The van der Waals surface area contributed by atoms with Crippen molar-refractivity contribution in [2.45, 2.75) is 26.9 Å². The highest BCUT2D eigenvalue weighted by Crippen LogP contribution is 2.24. The lowest BCUT2D eigenvalue weighted by Gasteiger charge is -2.10. The van der Waals surface area contributed by atoms with E-state index in [0.29, 0.717) is 28.3 Å². The van der Waals surface area contributed by atoms with Crippen LogP contribution in [0.4, 0.5) is 5.69 Å². The molecule has 0 spiro atoms. The second-order valence-corrected chi connectivity index (χ2v) is 6.66. The van der Waals surface area contributed by atoms with Gasteiger partial charge in [-0.2, -0.15) is 10.1 Å². The average Bonchev–Trinajstić information content (AvgIpc) is 3.32. The van der Waals surface area contributed by atoms with Crippen molar-refractivity contribution >= 4 is 17.1 Å². The number of carbonyl (C=O) groups excluding carboxylic acids is 1. The third kappa shape index (κ3) is 3.44. The fourth-order valence-electron chi connectivity index (χ4n) is 2.87. The number of nitrogens with zero attached hydrogens (tertiary/aromatic N) is 4. The van der Waals surface area contributed by atoms with Crippen LogP contribution in [0.15, 0.2) is 53.6 Å². The van der Waals surface area contributed by atoms with Gasteiger partial charge >= 0.3 is 0 Å². The van der Waals surface area contributed by atoms with Crippen LogP contribution in [0.25, 0.3) is 16.9 Å². The molecule has 0 bridgehead atoms. The van der Waals surface area contributed by atoms with Crippen LogP contribution in [0.3, 0.4) is 0 Å². The van der Waals surface area contributed by atoms with E-state index in [4.69, 9.17) is 9.26 Å². The number of fused-ring (bicyclic) bond motifs is 1. The normalized spacial score (nSPS) is 11.1. The van der Waals surface area contributed by atoms with Crippen LogP contribution in [-0.4, -0.2) is 31.8 Å². The van der Waals surface area contributed by atoms with Gasteiger partial charge in [0.1, 0.15) is 5.75 Å². The van der Waals surface area contributed by atoms with Gasteiger partial charge in [0.05, 0.1) is 29.6 Å². The minimum Gasteiger partial charge on any atom is -0.489 e. The molecule has 28 heavy (non-hydrogen) atoms. The number of ether oxygens (including phenoxy) is 1. The number of anilines is 1. The van der Waals surface area contributed by atoms with E-state index in [9.17, 15) is 4.79 Å². The molecule has 3 aromatic heterocycles. The first-order chi connectivity index (χ1) is 13.5. The molecule has 1 amide bonds. The zero-order valence-electron chi connectivity index (χ0n) is 15.7. The van der Waals surface area contributed by atoms with E-state index in [1.807, 2.05) is 51.1 Å². The Morgan fingerprint density at radius 2 is 2.11 bits per heavy atom. The van der Waals surface area contributed by atoms with Crippen LogP contribution >= 0.6 is 0 Å². The van der Waals surface area contributed by atoms with Crippen molar-refractivity contribution in [2.75, 3.05) is 5.32 Å². The molecule has 0 radical (unpaired) electrons. The van der Waals surface area contributed by atoms with Gasteiger partial charge in [-0.15, -0.1) is 0 Å². The maximum Gasteiger partial charge on any atom is 0.259 e. The molecule has 0 aliphatic carbocycles. The Morgan fingerprint density at radius 1 is 1.25 bits per heavy atom. The molecule has 0 fully saturated rings. The van der Waals surface area contributed by atoms with Crippen molar-refractivity contribution in [3.63, 3.8) is 0 Å². The lowest BCUT2D eigenvalue weighted by Crippen LogP contribution is -2.12. The van der Waals surface area contributed by atoms with Crippen molar-refractivity contribution in [1.82, 2.24) is 19.8 Å². The van der Waals surface area contributed by atoms with Crippen LogP contribution in [0.1, 0.15) is 29.8 Å². The number of pyridine rings is 1. The molecule has 8 nitrogen and oxygen atoms in total. The number of benzene rings is 1. The zero-order chi connectivity index (χ0) is 19.7. The topological polar surface area (TPSA) is 94.6 Å². The highest BCUT2D eigenvalue weighted by molar-refractivity contribution is 6.09. The van der Waals surface area contributed by atoms with Gasteiger partial charge in [0.15, 0.2) is 0 Å². The van der Waals surface area contributed by atoms with Crippen molar-refractivity contribution in [3.8, 4) is 17.1 Å². The molecule has 3 heterocycles. The standard InChI is InChI=1S/C20H19N5O3/c1-12(2)28-15-6-7-18-16(9-22-25(18)10-15)20(26)23-17-8-14(5-4-13(17)3)19-21-11-27-24-19/h4-12H,1-3H3,(H,23,26). The van der Waals surface area contributed by atoms with Gasteiger partial charge in [-0.25, -0.2) is 4.52 Å². The monoisotopic (exact) mass is 377 g/mol. The van der Waals surface area contributed by atoms with Gasteiger partial charge in [0.2, 0.25) is 12.2 Å². The van der Waals surface area contributed by atoms with Gasteiger partial charge in [0.25, 0.3) is 5.91 Å². The molecule has 1 aromatic carbocycles. The smallest absolute Gasteiger partial charge is 0.259 e. The number of amides is 1. The Hall–Kier alpha value is -3.68. The van der Waals surface area contributed by atoms with E-state index in [1.54, 1.807) is 16.9 Å². The summed E-state index contributed by atoms with van der Waals surface area (Å²) in [6.45, 7) is 5.83. The lowest BCUT2D eigenvalue weighted by molar-refractivity contribution is 0.102. The summed E-state index contributed by atoms with van der Waals surface area (Å²) < 4.78 is 12.1. The van der Waals surface area contributed by atoms with Crippen molar-refractivity contribution in [3.05, 3.63) is 60.2 Å². The molecule has 0 unspecified atom stereocenters. The number of rotatable bonds is 5. The maximum atomic E-state index is 12.9. The van der Waals surface area contributed by atoms with Gasteiger partial charge in [-0.3, -0.25) is 4.79 Å². The first-order valence-corrected chi connectivity index (χ1v) is 8.84. The summed E-state index contributed by atoms with van der Waals surface area (Å²) in [5, 5.41) is 11.0. The van der Waals surface area contributed by atoms with Crippen LogP contribution in [0, 0.1) is 6.92 Å². The summed E-state index contributed by atoms with van der Waals surface area (Å²) in [4.78, 5) is 16.9. The number of carbonyl (C=O) groups is 1. The molecule has 0 aliphatic heterocycles. The summed E-state index contributed by atoms with van der Waals surface area (Å²) in [6.07, 6.45) is 4.63. The van der Waals surface area contributed by atoms with Crippen LogP contribution < -0.4 is 10.1 Å². The van der Waals surface area contributed by atoms with Gasteiger partial charge in [-0.05, 0) is 44.5 Å². The van der Waals surface area contributed by atoms with Gasteiger partial charge < -0.3 is 14.6 Å². The number of nitrogens with one attached hydrogen (secondary N) is 1. The Balaban J connectivity index is 1.61. The summed E-state index contributed by atoms with van der Waals surface area (Å²) in [5.41, 5.74) is 3.52. The summed E-state index contributed by atoms with van der Waals surface area (Å²) >= 11 is 0. The average molecular weight is 377 g/mol. The third-order valence-corrected chi connectivity index (χ3v) is 4.21. The number of aryl methyl sites for hydroxylation is 1. The molecule has 0 aliphatic rings. The summed E-state index contributed by atoms with van der Waals surface area (Å²) in [7, 11) is 0. The molecule has 142 valence electrons. The summed E-state index contributed by atoms with van der Waals surface area (Å²) in [6, 6.07) is 9.24. The summed E-state index contributed by atoms with van der Waals surface area (Å²) in [5.74, 6) is 0.909. The van der Waals surface area contributed by atoms with E-state index in [1.165, 1.54) is 6.39 Å². The van der Waals surface area contributed by atoms with Crippen molar-refractivity contribution < 1.29 is 14.1 Å². The van der Waals surface area contributed by atoms with Crippen molar-refractivity contribution in [2.24, 2.45) is 0 Å². The maximum absolute atomic E-state index is 12.9. The largest absolute Gasteiger partial charge is 0.489 e. The predicted molar refractivity (Wildman–Crippen MR) is 103 cm³/mol. The fraction of sp³-hybridized carbons (Fsp3) is 0.200. The molecule has 0 saturated carbocycles. The Morgan fingerprint density at radius 3 is 2.86 bits per heavy atom. The van der Waals surface area contributed by atoms with E-state index < -0.39 is 0 Å². The highest BCUT2D eigenvalue weighted by Gasteiger charge is 2.15. The zero-order valence-corrected chi connectivity index (χ0v) is 15.7. The van der Waals surface area contributed by atoms with Crippen LogP contribution in [-0.2, 0) is 0 Å². The molecule has 0 saturated heterocycles. The van der Waals surface area contributed by atoms with E-state index >= 15 is 0 Å². The Kier molecular flexibility index (Phi) is 4.52. The molecule has 0 atom stereocenters. The number of aromatic nitrogens is 4. The SMILES string of the molecule is Cc1ccc(-c2ncon2)cc1NC(=O)c1cnn2cc(OC(C)C)ccc12. The lowest BCUT2D eigenvalue weighted by atomic mass is 10.1. The first-order valence-electron chi connectivity index (χ1n) is 8.84. The van der Waals surface area contributed by atoms with E-state index in [2.05, 4.69) is 20.6 Å². The second-order valence-electron chi connectivity index (χ2n) is 6.66. The molecule has 1 N–H and O–H groups in total. The van der Waals surface area contributed by atoms with Crippen LogP contribution in [0.5, 0.6) is 5.75 Å². The first kappa shape index (κ1) is 17.7. The van der Waals surface area contributed by atoms with Gasteiger partial charge in [-0.1, -0.05) is 17.3 Å². The number of hydrogen-bond acceptors (Lipinski definition) is 6. The molecule has 4 rings (SSSR count). The van der Waals surface area contributed by atoms with Crippen molar-refractivity contribution in [1.29, 1.82) is 0 Å². The molecule has 8 heteroatoms. The Bertz CT molecular complexity index is 1130. The molecule has 4 aromatic rings. The quantitative estimate of drug-likeness (QED) is 0.569.